The van der Waals surface area contributed by atoms with Gasteiger partial charge in [0.15, 0.2) is 6.29 Å². The zero-order valence-corrected chi connectivity index (χ0v) is 15.4. The molecule has 1 heterocycles. The van der Waals surface area contributed by atoms with E-state index >= 15 is 0 Å². The largest absolute Gasteiger partial charge is 1.00 e. The van der Waals surface area contributed by atoms with Gasteiger partial charge < -0.3 is 18.9 Å². The smallest absolute Gasteiger partial charge is 0.376 e. The van der Waals surface area contributed by atoms with Crippen molar-refractivity contribution >= 4 is 0 Å². The first-order valence-electron chi connectivity index (χ1n) is 7.66. The van der Waals surface area contributed by atoms with Gasteiger partial charge in [0.05, 0.1) is 11.2 Å². The minimum atomic E-state index is -0.460. The Kier molecular flexibility index (Phi) is 7.34. The molecule has 23 heavy (non-hydrogen) atoms. The number of methoxy groups -OCH3 is 2. The van der Waals surface area contributed by atoms with Gasteiger partial charge in [0.2, 0.25) is 0 Å². The zero-order chi connectivity index (χ0) is 16.4. The van der Waals surface area contributed by atoms with Crippen molar-refractivity contribution in [3.8, 4) is 0 Å². The van der Waals surface area contributed by atoms with Crippen LogP contribution in [0.25, 0.3) is 0 Å². The molecule has 0 amide bonds. The summed E-state index contributed by atoms with van der Waals surface area (Å²) in [4.78, 5) is 0. The summed E-state index contributed by atoms with van der Waals surface area (Å²) in [6.07, 6.45) is -0.0332. The maximum atomic E-state index is 6.18. The second kappa shape index (κ2) is 8.16. The molecule has 5 heteroatoms. The third-order valence-corrected chi connectivity index (χ3v) is 4.47. The summed E-state index contributed by atoms with van der Waals surface area (Å²) in [6.45, 7) is 8.05. The number of ether oxygens (including phenoxy) is 4. The first kappa shape index (κ1) is 20.7. The molecule has 4 nitrogen and oxygen atoms in total. The van der Waals surface area contributed by atoms with E-state index in [4.69, 9.17) is 18.9 Å². The van der Waals surface area contributed by atoms with E-state index in [0.29, 0.717) is 6.42 Å². The summed E-state index contributed by atoms with van der Waals surface area (Å²) in [5, 5.41) is 0. The summed E-state index contributed by atoms with van der Waals surface area (Å²) >= 11 is 0. The van der Waals surface area contributed by atoms with Gasteiger partial charge in [-0.1, -0.05) is 0 Å². The Labute approximate surface area is 152 Å². The van der Waals surface area contributed by atoms with E-state index in [2.05, 4.69) is 12.1 Å². The van der Waals surface area contributed by atoms with Crippen LogP contribution in [0.2, 0.25) is 0 Å². The van der Waals surface area contributed by atoms with Crippen molar-refractivity contribution < 1.29 is 37.8 Å². The Morgan fingerprint density at radius 2 is 1.57 bits per heavy atom. The molecule has 0 spiro atoms. The molecule has 1 saturated heterocycles. The van der Waals surface area contributed by atoms with E-state index in [0.717, 1.165) is 5.56 Å². The SMILES string of the molecule is COC(C)(C)[C@@H]1OC(Cc2c[c-]ccc2)O[C@H]1C(C)(C)OC.[Li+]. The van der Waals surface area contributed by atoms with Gasteiger partial charge in [-0.05, 0) is 34.1 Å². The summed E-state index contributed by atoms with van der Waals surface area (Å²) in [7, 11) is 3.39. The first-order chi connectivity index (χ1) is 10.3. The van der Waals surface area contributed by atoms with Crippen LogP contribution in [0, 0.1) is 6.07 Å². The van der Waals surface area contributed by atoms with Crippen molar-refractivity contribution in [3.63, 3.8) is 0 Å². The normalized spacial score (nSPS) is 22.9. The van der Waals surface area contributed by atoms with Crippen molar-refractivity contribution in [2.45, 2.75) is 63.8 Å². The van der Waals surface area contributed by atoms with E-state index in [1.54, 1.807) is 14.2 Å². The van der Waals surface area contributed by atoms with Gasteiger partial charge in [0.25, 0.3) is 0 Å². The molecule has 0 unspecified atom stereocenters. The molecule has 0 aliphatic carbocycles. The maximum Gasteiger partial charge on any atom is 1.00 e. The fraction of sp³-hybridized carbons (Fsp3) is 0.667. The first-order valence-corrected chi connectivity index (χ1v) is 7.66. The Bertz CT molecular complexity index is 451. The minimum Gasteiger partial charge on any atom is -0.376 e. The number of hydrogen-bond acceptors (Lipinski definition) is 4. The number of benzene rings is 1. The van der Waals surface area contributed by atoms with Crippen molar-refractivity contribution in [3.05, 3.63) is 35.9 Å². The third kappa shape index (κ3) is 4.82. The molecule has 1 aliphatic rings. The van der Waals surface area contributed by atoms with Crippen LogP contribution in [0.1, 0.15) is 33.3 Å². The van der Waals surface area contributed by atoms with Crippen LogP contribution in [-0.4, -0.2) is 43.9 Å². The summed E-state index contributed by atoms with van der Waals surface area (Å²) < 4.78 is 23.6. The van der Waals surface area contributed by atoms with Gasteiger partial charge in [-0.25, -0.2) is 0 Å². The van der Waals surface area contributed by atoms with Crippen molar-refractivity contribution in [2.75, 3.05) is 14.2 Å². The fourth-order valence-corrected chi connectivity index (χ4v) is 2.64. The van der Waals surface area contributed by atoms with Gasteiger partial charge in [-0.3, -0.25) is 0 Å². The molecule has 1 aromatic rings. The van der Waals surface area contributed by atoms with Crippen molar-refractivity contribution in [2.24, 2.45) is 0 Å². The standard InChI is InChI=1S/C18H27O4.Li/c1-17(2,19-5)15-16(18(3,4)20-6)22-14(21-15)12-13-10-8-7-9-11-13;/h7-8,10-11,14-16H,12H2,1-6H3;/q-1;+1/t15-,16-;/m1./s1. The summed E-state index contributed by atoms with van der Waals surface area (Å²) in [6, 6.07) is 10.9. The monoisotopic (exact) mass is 314 g/mol. The van der Waals surface area contributed by atoms with Crippen LogP contribution < -0.4 is 18.9 Å². The number of rotatable bonds is 6. The molecule has 2 atom stereocenters. The topological polar surface area (TPSA) is 36.9 Å². The number of hydrogen-bond donors (Lipinski definition) is 0. The van der Waals surface area contributed by atoms with E-state index in [9.17, 15) is 0 Å². The van der Waals surface area contributed by atoms with Crippen molar-refractivity contribution in [1.82, 2.24) is 0 Å². The molecule has 0 bridgehead atoms. The maximum absolute atomic E-state index is 6.18. The Morgan fingerprint density at radius 3 is 1.96 bits per heavy atom. The van der Waals surface area contributed by atoms with Gasteiger partial charge in [-0.15, -0.1) is 0 Å². The van der Waals surface area contributed by atoms with E-state index in [-0.39, 0.29) is 37.4 Å². The van der Waals surface area contributed by atoms with Gasteiger partial charge in [0.1, 0.15) is 12.2 Å². The van der Waals surface area contributed by atoms with Crippen LogP contribution in [0.4, 0.5) is 0 Å². The van der Waals surface area contributed by atoms with Crippen LogP contribution in [0.3, 0.4) is 0 Å². The van der Waals surface area contributed by atoms with E-state index in [1.165, 1.54) is 0 Å². The Hall–Kier alpha value is -0.343. The molecule has 1 aromatic carbocycles. The molecule has 1 aliphatic heterocycles. The van der Waals surface area contributed by atoms with Gasteiger partial charge in [0, 0.05) is 14.2 Å². The molecule has 0 aromatic heterocycles. The molecule has 2 rings (SSSR count). The minimum absolute atomic E-state index is 0. The van der Waals surface area contributed by atoms with E-state index in [1.807, 2.05) is 45.9 Å². The van der Waals surface area contributed by atoms with Crippen LogP contribution in [-0.2, 0) is 25.4 Å². The fourth-order valence-electron chi connectivity index (χ4n) is 2.64. The molecular formula is C18H27LiO4. The van der Waals surface area contributed by atoms with Crippen LogP contribution >= 0.6 is 0 Å². The molecule has 0 radical (unpaired) electrons. The summed E-state index contributed by atoms with van der Waals surface area (Å²) in [5.74, 6) is 0. The predicted octanol–water partition coefficient (Wildman–Crippen LogP) is -0.00661. The van der Waals surface area contributed by atoms with E-state index < -0.39 is 11.2 Å². The zero-order valence-electron chi connectivity index (χ0n) is 15.4. The van der Waals surface area contributed by atoms with Crippen LogP contribution in [0.15, 0.2) is 24.3 Å². The molecule has 124 valence electrons. The summed E-state index contributed by atoms with van der Waals surface area (Å²) in [5.41, 5.74) is 0.216. The third-order valence-electron chi connectivity index (χ3n) is 4.47. The average molecular weight is 314 g/mol. The predicted molar refractivity (Wildman–Crippen MR) is 84.7 cm³/mol. The average Bonchev–Trinajstić information content (AvgIpc) is 2.94. The van der Waals surface area contributed by atoms with Gasteiger partial charge in [-0.2, -0.15) is 35.9 Å². The molecular weight excluding hydrogens is 287 g/mol. The van der Waals surface area contributed by atoms with Crippen LogP contribution in [0.5, 0.6) is 0 Å². The molecule has 1 fully saturated rings. The second-order valence-corrected chi connectivity index (χ2v) is 6.77. The quantitative estimate of drug-likeness (QED) is 0.547. The Morgan fingerprint density at radius 1 is 1.04 bits per heavy atom. The molecule has 0 saturated carbocycles. The second-order valence-electron chi connectivity index (χ2n) is 6.77. The Balaban J connectivity index is 0.00000264. The van der Waals surface area contributed by atoms with Crippen molar-refractivity contribution in [1.29, 1.82) is 0 Å². The van der Waals surface area contributed by atoms with Gasteiger partial charge >= 0.3 is 18.9 Å². The molecule has 0 N–H and O–H groups in total.